The molecule has 3 aromatic rings. The first-order valence-corrected chi connectivity index (χ1v) is 8.31. The Balaban J connectivity index is 1.71. The third kappa shape index (κ3) is 3.03. The van der Waals surface area contributed by atoms with Gasteiger partial charge in [0.1, 0.15) is 29.9 Å². The fourth-order valence-corrected chi connectivity index (χ4v) is 3.27. The normalized spacial score (nSPS) is 14.7. The quantitative estimate of drug-likeness (QED) is 0.694. The van der Waals surface area contributed by atoms with Crippen LogP contribution in [0.3, 0.4) is 0 Å². The molecule has 1 amide bonds. The molecule has 0 unspecified atom stereocenters. The van der Waals surface area contributed by atoms with Gasteiger partial charge >= 0.3 is 0 Å². The summed E-state index contributed by atoms with van der Waals surface area (Å²) in [5, 5.41) is 0.358. The zero-order valence-electron chi connectivity index (χ0n) is 13.4. The summed E-state index contributed by atoms with van der Waals surface area (Å²) >= 11 is 6.17. The molecule has 0 radical (unpaired) electrons. The van der Waals surface area contributed by atoms with Crippen LogP contribution in [0.15, 0.2) is 36.7 Å². The summed E-state index contributed by atoms with van der Waals surface area (Å²) in [6.45, 7) is 0.175. The molecule has 1 aliphatic rings. The number of pyridine rings is 1. The fraction of sp³-hybridized carbons (Fsp3) is 0.222. The molecule has 0 atom stereocenters. The first kappa shape index (κ1) is 16.9. The number of aromatic nitrogens is 2. The summed E-state index contributed by atoms with van der Waals surface area (Å²) < 4.78 is 41.5. The van der Waals surface area contributed by atoms with E-state index in [1.807, 2.05) is 0 Å². The highest BCUT2D eigenvalue weighted by Gasteiger charge is 2.30. The van der Waals surface area contributed by atoms with Gasteiger partial charge < -0.3 is 9.47 Å². The summed E-state index contributed by atoms with van der Waals surface area (Å²) in [5.41, 5.74) is 1.86. The van der Waals surface area contributed by atoms with Crippen LogP contribution >= 0.6 is 11.6 Å². The van der Waals surface area contributed by atoms with E-state index < -0.39 is 17.8 Å². The molecule has 0 saturated carbocycles. The molecule has 0 N–H and O–H groups in total. The number of carbonyl (C=O) groups is 1. The van der Waals surface area contributed by atoms with Gasteiger partial charge in [0.15, 0.2) is 0 Å². The third-order valence-electron chi connectivity index (χ3n) is 4.36. The van der Waals surface area contributed by atoms with Crippen molar-refractivity contribution in [1.29, 1.82) is 0 Å². The zero-order valence-corrected chi connectivity index (χ0v) is 14.2. The lowest BCUT2D eigenvalue weighted by molar-refractivity contribution is -0.138. The molecule has 1 aromatic carbocycles. The van der Waals surface area contributed by atoms with E-state index in [1.165, 1.54) is 23.2 Å². The second-order valence-corrected chi connectivity index (χ2v) is 6.66. The smallest absolute Gasteiger partial charge is 0.242 e. The van der Waals surface area contributed by atoms with Gasteiger partial charge in [-0.2, -0.15) is 0 Å². The lowest BCUT2D eigenvalue weighted by Crippen LogP contribution is -2.52. The number of alkyl halides is 1. The van der Waals surface area contributed by atoms with Crippen molar-refractivity contribution in [2.45, 2.75) is 12.7 Å². The van der Waals surface area contributed by atoms with Gasteiger partial charge in [0.05, 0.1) is 23.6 Å². The Labute approximate surface area is 151 Å². The summed E-state index contributed by atoms with van der Waals surface area (Å²) in [7, 11) is 0. The van der Waals surface area contributed by atoms with Crippen molar-refractivity contribution in [1.82, 2.24) is 14.5 Å². The van der Waals surface area contributed by atoms with Crippen molar-refractivity contribution < 1.29 is 18.0 Å². The van der Waals surface area contributed by atoms with Crippen LogP contribution in [0.4, 0.5) is 13.2 Å². The largest absolute Gasteiger partial charge is 0.335 e. The van der Waals surface area contributed by atoms with Crippen LogP contribution < -0.4 is 0 Å². The first-order valence-electron chi connectivity index (χ1n) is 7.93. The maximum atomic E-state index is 13.5. The Morgan fingerprint density at radius 2 is 1.85 bits per heavy atom. The maximum Gasteiger partial charge on any atom is 0.242 e. The monoisotopic (exact) mass is 379 g/mol. The zero-order chi connectivity index (χ0) is 18.4. The number of hydrogen-bond donors (Lipinski definition) is 0. The molecular formula is C18H13ClF3N3O. The molecule has 1 aliphatic heterocycles. The SMILES string of the molecule is O=C(Cn1cc(Cl)c2ncc(-c3cc(F)cc(F)c3)cc21)N1CC(F)C1. The van der Waals surface area contributed by atoms with Gasteiger partial charge in [-0.25, -0.2) is 13.2 Å². The second-order valence-electron chi connectivity index (χ2n) is 6.25. The number of amides is 1. The minimum Gasteiger partial charge on any atom is -0.335 e. The molecule has 0 spiro atoms. The minimum atomic E-state index is -0.972. The van der Waals surface area contributed by atoms with Gasteiger partial charge in [0.2, 0.25) is 5.91 Å². The third-order valence-corrected chi connectivity index (χ3v) is 4.64. The molecule has 26 heavy (non-hydrogen) atoms. The Kier molecular flexibility index (Phi) is 4.11. The number of likely N-dealkylation sites (tertiary alicyclic amines) is 1. The van der Waals surface area contributed by atoms with Gasteiger partial charge in [-0.3, -0.25) is 9.78 Å². The highest BCUT2D eigenvalue weighted by atomic mass is 35.5. The Morgan fingerprint density at radius 1 is 1.15 bits per heavy atom. The van der Waals surface area contributed by atoms with E-state index in [0.717, 1.165) is 6.07 Å². The number of nitrogens with zero attached hydrogens (tertiary/aromatic N) is 3. The van der Waals surface area contributed by atoms with Crippen LogP contribution in [-0.2, 0) is 11.3 Å². The molecule has 3 heterocycles. The highest BCUT2D eigenvalue weighted by molar-refractivity contribution is 6.35. The summed E-state index contributed by atoms with van der Waals surface area (Å²) in [6, 6.07) is 4.86. The molecule has 0 bridgehead atoms. The topological polar surface area (TPSA) is 38.1 Å². The average Bonchev–Trinajstić information content (AvgIpc) is 2.86. The number of halogens is 4. The van der Waals surface area contributed by atoms with E-state index in [4.69, 9.17) is 11.6 Å². The van der Waals surface area contributed by atoms with E-state index >= 15 is 0 Å². The van der Waals surface area contributed by atoms with Crippen LogP contribution in [0.25, 0.3) is 22.2 Å². The van der Waals surface area contributed by atoms with Crippen molar-refractivity contribution in [2.24, 2.45) is 0 Å². The van der Waals surface area contributed by atoms with Gasteiger partial charge in [-0.1, -0.05) is 11.6 Å². The summed E-state index contributed by atoms with van der Waals surface area (Å²) in [5.74, 6) is -1.61. The molecule has 4 rings (SSSR count). The van der Waals surface area contributed by atoms with Gasteiger partial charge in [0.25, 0.3) is 0 Å². The van der Waals surface area contributed by atoms with E-state index in [-0.39, 0.29) is 25.5 Å². The molecule has 1 fully saturated rings. The van der Waals surface area contributed by atoms with Crippen LogP contribution in [-0.4, -0.2) is 39.6 Å². The first-order chi connectivity index (χ1) is 12.4. The number of rotatable bonds is 3. The van der Waals surface area contributed by atoms with Crippen LogP contribution in [0.2, 0.25) is 5.02 Å². The van der Waals surface area contributed by atoms with E-state index in [2.05, 4.69) is 4.98 Å². The van der Waals surface area contributed by atoms with Crippen molar-refractivity contribution in [3.63, 3.8) is 0 Å². The maximum absolute atomic E-state index is 13.5. The summed E-state index contributed by atoms with van der Waals surface area (Å²) in [4.78, 5) is 17.9. The fourth-order valence-electron chi connectivity index (χ4n) is 3.01. The molecule has 0 aliphatic carbocycles. The number of benzene rings is 1. The van der Waals surface area contributed by atoms with Crippen molar-refractivity contribution in [3.8, 4) is 11.1 Å². The lowest BCUT2D eigenvalue weighted by atomic mass is 10.1. The number of fused-ring (bicyclic) bond motifs is 1. The molecule has 134 valence electrons. The van der Waals surface area contributed by atoms with Gasteiger partial charge in [0, 0.05) is 24.0 Å². The number of carbonyl (C=O) groups excluding carboxylic acids is 1. The molecule has 2 aromatic heterocycles. The van der Waals surface area contributed by atoms with E-state index in [0.29, 0.717) is 27.2 Å². The predicted octanol–water partition coefficient (Wildman–Crippen LogP) is 3.82. The van der Waals surface area contributed by atoms with Crippen molar-refractivity contribution in [3.05, 3.63) is 53.3 Å². The molecular weight excluding hydrogens is 367 g/mol. The number of hydrogen-bond acceptors (Lipinski definition) is 2. The standard InChI is InChI=1S/C18H13ClF3N3O/c19-15-8-24(9-17(26)25-6-14(22)7-25)16-3-11(5-23-18(15)16)10-1-12(20)4-13(21)2-10/h1-5,8,14H,6-7,9H2. The van der Waals surface area contributed by atoms with Crippen LogP contribution in [0.1, 0.15) is 0 Å². The van der Waals surface area contributed by atoms with Crippen LogP contribution in [0.5, 0.6) is 0 Å². The van der Waals surface area contributed by atoms with Crippen molar-refractivity contribution in [2.75, 3.05) is 13.1 Å². The van der Waals surface area contributed by atoms with Crippen molar-refractivity contribution >= 4 is 28.5 Å². The Hall–Kier alpha value is -2.54. The predicted molar refractivity (Wildman–Crippen MR) is 91.6 cm³/mol. The second kappa shape index (κ2) is 6.32. The van der Waals surface area contributed by atoms with E-state index in [1.54, 1.807) is 16.8 Å². The lowest BCUT2D eigenvalue weighted by Gasteiger charge is -2.34. The van der Waals surface area contributed by atoms with Gasteiger partial charge in [-0.15, -0.1) is 0 Å². The molecule has 8 heteroatoms. The summed E-state index contributed by atoms with van der Waals surface area (Å²) in [6.07, 6.45) is 2.07. The Bertz CT molecular complexity index is 994. The minimum absolute atomic E-state index is 0.0153. The Morgan fingerprint density at radius 3 is 2.50 bits per heavy atom. The average molecular weight is 380 g/mol. The van der Waals surface area contributed by atoms with Crippen LogP contribution in [0, 0.1) is 11.6 Å². The highest BCUT2D eigenvalue weighted by Crippen LogP contribution is 2.29. The van der Waals surface area contributed by atoms with Gasteiger partial charge in [-0.05, 0) is 23.8 Å². The molecule has 4 nitrogen and oxygen atoms in total. The van der Waals surface area contributed by atoms with E-state index in [9.17, 15) is 18.0 Å². The molecule has 1 saturated heterocycles.